The Morgan fingerprint density at radius 2 is 2.05 bits per heavy atom. The van der Waals surface area contributed by atoms with Gasteiger partial charge in [-0.15, -0.1) is 0 Å². The summed E-state index contributed by atoms with van der Waals surface area (Å²) in [6.45, 7) is 1.91. The predicted octanol–water partition coefficient (Wildman–Crippen LogP) is 3.52. The number of nitrogens with one attached hydrogen (secondary N) is 2. The van der Waals surface area contributed by atoms with Crippen LogP contribution in [0.15, 0.2) is 24.3 Å². The van der Waals surface area contributed by atoms with Gasteiger partial charge in [-0.25, -0.2) is 0 Å². The molecule has 3 rings (SSSR count). The average Bonchev–Trinajstić information content (AvgIpc) is 3.18. The average molecular weight is 299 g/mol. The van der Waals surface area contributed by atoms with E-state index in [1.165, 1.54) is 0 Å². The van der Waals surface area contributed by atoms with Gasteiger partial charge in [0.2, 0.25) is 5.91 Å². The fourth-order valence-electron chi connectivity index (χ4n) is 3.03. The van der Waals surface area contributed by atoms with Gasteiger partial charge in [-0.2, -0.15) is 5.10 Å². The maximum absolute atomic E-state index is 12.4. The number of ether oxygens (including phenoxy) is 1. The van der Waals surface area contributed by atoms with Crippen LogP contribution < -0.4 is 10.1 Å². The summed E-state index contributed by atoms with van der Waals surface area (Å²) in [5.41, 5.74) is 3.20. The van der Waals surface area contributed by atoms with Gasteiger partial charge in [-0.05, 0) is 31.9 Å². The molecule has 0 saturated heterocycles. The van der Waals surface area contributed by atoms with Crippen molar-refractivity contribution in [3.05, 3.63) is 30.0 Å². The Balaban J connectivity index is 1.92. The molecule has 1 heterocycles. The number of amides is 1. The van der Waals surface area contributed by atoms with Crippen LogP contribution in [0.4, 0.5) is 5.69 Å². The molecule has 0 radical (unpaired) electrons. The third-order valence-electron chi connectivity index (χ3n) is 4.28. The van der Waals surface area contributed by atoms with E-state index in [2.05, 4.69) is 15.5 Å². The van der Waals surface area contributed by atoms with Gasteiger partial charge in [0.05, 0.1) is 18.5 Å². The molecule has 2 N–H and O–H groups in total. The first-order chi connectivity index (χ1) is 10.7. The van der Waals surface area contributed by atoms with Crippen molar-refractivity contribution in [1.82, 2.24) is 10.2 Å². The number of nitrogens with zero attached hydrogens (tertiary/aromatic N) is 1. The van der Waals surface area contributed by atoms with Gasteiger partial charge in [-0.1, -0.05) is 25.0 Å². The number of para-hydroxylation sites is 1. The van der Waals surface area contributed by atoms with Gasteiger partial charge >= 0.3 is 0 Å². The quantitative estimate of drug-likeness (QED) is 0.907. The molecule has 0 atom stereocenters. The van der Waals surface area contributed by atoms with Gasteiger partial charge in [0, 0.05) is 11.5 Å². The van der Waals surface area contributed by atoms with Crippen molar-refractivity contribution >= 4 is 11.6 Å². The van der Waals surface area contributed by atoms with E-state index < -0.39 is 0 Å². The molecule has 2 aromatic rings. The van der Waals surface area contributed by atoms with Crippen molar-refractivity contribution in [2.75, 3.05) is 12.4 Å². The van der Waals surface area contributed by atoms with Crippen molar-refractivity contribution in [3.8, 4) is 17.0 Å². The van der Waals surface area contributed by atoms with Crippen LogP contribution in [0.5, 0.6) is 5.75 Å². The monoisotopic (exact) mass is 299 g/mol. The smallest absolute Gasteiger partial charge is 0.227 e. The molecule has 116 valence electrons. The van der Waals surface area contributed by atoms with E-state index in [1.807, 2.05) is 31.2 Å². The topological polar surface area (TPSA) is 67.0 Å². The zero-order valence-corrected chi connectivity index (χ0v) is 13.0. The lowest BCUT2D eigenvalue weighted by Gasteiger charge is -2.12. The number of H-pyrrole nitrogens is 1. The fraction of sp³-hybridized carbons (Fsp3) is 0.412. The Morgan fingerprint density at radius 3 is 2.77 bits per heavy atom. The Labute approximate surface area is 130 Å². The Hall–Kier alpha value is -2.30. The summed E-state index contributed by atoms with van der Waals surface area (Å²) in [6, 6.07) is 7.69. The number of aromatic nitrogens is 2. The SMILES string of the molecule is COc1ccccc1-c1n[nH]c(C)c1NC(=O)C1CCCC1. The number of aromatic amines is 1. The summed E-state index contributed by atoms with van der Waals surface area (Å²) in [4.78, 5) is 12.4. The second-order valence-electron chi connectivity index (χ2n) is 5.74. The number of anilines is 1. The molecule has 1 amide bonds. The molecule has 1 saturated carbocycles. The van der Waals surface area contributed by atoms with Crippen LogP contribution in [0, 0.1) is 12.8 Å². The van der Waals surface area contributed by atoms with Crippen LogP contribution in [0.1, 0.15) is 31.4 Å². The summed E-state index contributed by atoms with van der Waals surface area (Å²) in [5, 5.41) is 10.4. The number of carbonyl (C=O) groups excluding carboxylic acids is 1. The van der Waals surface area contributed by atoms with E-state index >= 15 is 0 Å². The molecule has 1 fully saturated rings. The van der Waals surface area contributed by atoms with Gasteiger partial charge in [0.15, 0.2) is 0 Å². The van der Waals surface area contributed by atoms with Crippen molar-refractivity contribution in [1.29, 1.82) is 0 Å². The lowest BCUT2D eigenvalue weighted by molar-refractivity contribution is -0.119. The molecule has 1 aliphatic rings. The normalized spacial score (nSPS) is 15.0. The molecule has 1 aliphatic carbocycles. The summed E-state index contributed by atoms with van der Waals surface area (Å²) < 4.78 is 5.40. The number of hydrogen-bond acceptors (Lipinski definition) is 3. The van der Waals surface area contributed by atoms with Gasteiger partial charge in [0.25, 0.3) is 0 Å². The molecular formula is C17H21N3O2. The van der Waals surface area contributed by atoms with E-state index in [0.717, 1.165) is 54.1 Å². The maximum atomic E-state index is 12.4. The molecule has 0 unspecified atom stereocenters. The fourth-order valence-corrected chi connectivity index (χ4v) is 3.03. The van der Waals surface area contributed by atoms with Crippen LogP contribution in [-0.4, -0.2) is 23.2 Å². The molecule has 5 nitrogen and oxygen atoms in total. The predicted molar refractivity (Wildman–Crippen MR) is 85.9 cm³/mol. The summed E-state index contributed by atoms with van der Waals surface area (Å²) in [5.74, 6) is 0.961. The Morgan fingerprint density at radius 1 is 1.32 bits per heavy atom. The number of benzene rings is 1. The van der Waals surface area contributed by atoms with E-state index in [4.69, 9.17) is 4.74 Å². The molecule has 5 heteroatoms. The molecule has 1 aromatic carbocycles. The third kappa shape index (κ3) is 2.71. The minimum Gasteiger partial charge on any atom is -0.496 e. The van der Waals surface area contributed by atoms with E-state index in [-0.39, 0.29) is 11.8 Å². The maximum Gasteiger partial charge on any atom is 0.227 e. The minimum absolute atomic E-state index is 0.0955. The number of methoxy groups -OCH3 is 1. The number of aryl methyl sites for hydroxylation is 1. The molecule has 0 aliphatic heterocycles. The van der Waals surface area contributed by atoms with Crippen molar-refractivity contribution < 1.29 is 9.53 Å². The highest BCUT2D eigenvalue weighted by atomic mass is 16.5. The van der Waals surface area contributed by atoms with Crippen LogP contribution in [0.3, 0.4) is 0 Å². The second kappa shape index (κ2) is 6.22. The summed E-state index contributed by atoms with van der Waals surface area (Å²) >= 11 is 0. The van der Waals surface area contributed by atoms with Crippen molar-refractivity contribution in [3.63, 3.8) is 0 Å². The lowest BCUT2D eigenvalue weighted by Crippen LogP contribution is -2.20. The number of carbonyl (C=O) groups is 1. The van der Waals surface area contributed by atoms with Crippen molar-refractivity contribution in [2.45, 2.75) is 32.6 Å². The van der Waals surface area contributed by atoms with Crippen LogP contribution >= 0.6 is 0 Å². The number of hydrogen-bond donors (Lipinski definition) is 2. The van der Waals surface area contributed by atoms with Crippen LogP contribution in [-0.2, 0) is 4.79 Å². The zero-order chi connectivity index (χ0) is 15.5. The molecule has 1 aromatic heterocycles. The third-order valence-corrected chi connectivity index (χ3v) is 4.28. The van der Waals surface area contributed by atoms with Gasteiger partial charge in [-0.3, -0.25) is 9.89 Å². The standard InChI is InChI=1S/C17H21N3O2/c1-11-15(18-17(21)12-7-3-4-8-12)16(20-19-11)13-9-5-6-10-14(13)22-2/h5-6,9-10,12H,3-4,7-8H2,1-2H3,(H,18,21)(H,19,20). The van der Waals surface area contributed by atoms with Crippen molar-refractivity contribution in [2.24, 2.45) is 5.92 Å². The van der Waals surface area contributed by atoms with Gasteiger partial charge in [0.1, 0.15) is 11.4 Å². The lowest BCUT2D eigenvalue weighted by atomic mass is 10.1. The molecular weight excluding hydrogens is 278 g/mol. The molecule has 0 bridgehead atoms. The largest absolute Gasteiger partial charge is 0.496 e. The highest BCUT2D eigenvalue weighted by molar-refractivity contribution is 5.97. The molecule has 0 spiro atoms. The zero-order valence-electron chi connectivity index (χ0n) is 13.0. The first-order valence-corrected chi connectivity index (χ1v) is 7.70. The molecule has 22 heavy (non-hydrogen) atoms. The summed E-state index contributed by atoms with van der Waals surface area (Å²) in [7, 11) is 1.63. The Bertz CT molecular complexity index is 672. The van der Waals surface area contributed by atoms with E-state index in [1.54, 1.807) is 7.11 Å². The van der Waals surface area contributed by atoms with Gasteiger partial charge < -0.3 is 10.1 Å². The first kappa shape index (κ1) is 14.6. The highest BCUT2D eigenvalue weighted by Gasteiger charge is 2.25. The van der Waals surface area contributed by atoms with E-state index in [0.29, 0.717) is 0 Å². The first-order valence-electron chi connectivity index (χ1n) is 7.70. The highest BCUT2D eigenvalue weighted by Crippen LogP contribution is 2.35. The second-order valence-corrected chi connectivity index (χ2v) is 5.74. The Kier molecular flexibility index (Phi) is 4.13. The van der Waals surface area contributed by atoms with Crippen LogP contribution in [0.2, 0.25) is 0 Å². The number of rotatable bonds is 4. The summed E-state index contributed by atoms with van der Waals surface area (Å²) in [6.07, 6.45) is 4.24. The minimum atomic E-state index is 0.0955. The van der Waals surface area contributed by atoms with E-state index in [9.17, 15) is 4.79 Å². The van der Waals surface area contributed by atoms with Crippen LogP contribution in [0.25, 0.3) is 11.3 Å².